The van der Waals surface area contributed by atoms with E-state index in [0.717, 1.165) is 25.2 Å². The van der Waals surface area contributed by atoms with E-state index in [-0.39, 0.29) is 18.4 Å². The number of benzene rings is 2. The van der Waals surface area contributed by atoms with Crippen LogP contribution >= 0.6 is 0 Å². The molecule has 0 atom stereocenters. The lowest BCUT2D eigenvalue weighted by molar-refractivity contribution is -0.134. The van der Waals surface area contributed by atoms with Gasteiger partial charge in [-0.15, -0.1) is 0 Å². The Morgan fingerprint density at radius 2 is 1.60 bits per heavy atom. The van der Waals surface area contributed by atoms with Crippen molar-refractivity contribution in [3.63, 3.8) is 0 Å². The van der Waals surface area contributed by atoms with Crippen LogP contribution in [-0.4, -0.2) is 62.0 Å². The highest BCUT2D eigenvalue weighted by Gasteiger charge is 2.24. The summed E-state index contributed by atoms with van der Waals surface area (Å²) in [6.07, 6.45) is 1.35. The molecule has 7 nitrogen and oxygen atoms in total. The second-order valence-electron chi connectivity index (χ2n) is 7.48. The van der Waals surface area contributed by atoms with E-state index in [4.69, 9.17) is 4.74 Å². The van der Waals surface area contributed by atoms with E-state index in [9.17, 15) is 14.4 Å². The third kappa shape index (κ3) is 4.45. The number of carbonyl (C=O) groups excluding carboxylic acids is 3. The molecule has 30 heavy (non-hydrogen) atoms. The van der Waals surface area contributed by atoms with Crippen LogP contribution in [-0.2, 0) is 14.3 Å². The Morgan fingerprint density at radius 1 is 0.867 bits per heavy atom. The zero-order chi connectivity index (χ0) is 20.9. The summed E-state index contributed by atoms with van der Waals surface area (Å²) < 4.78 is 5.25. The van der Waals surface area contributed by atoms with E-state index < -0.39 is 5.97 Å². The number of para-hydroxylation sites is 1. The summed E-state index contributed by atoms with van der Waals surface area (Å²) in [6.45, 7) is 3.06. The highest BCUT2D eigenvalue weighted by Crippen LogP contribution is 2.22. The molecule has 2 heterocycles. The number of nitrogens with zero attached hydrogens (tertiary/aromatic N) is 3. The monoisotopic (exact) mass is 407 g/mol. The van der Waals surface area contributed by atoms with E-state index in [1.807, 2.05) is 18.2 Å². The molecule has 2 aromatic rings. The van der Waals surface area contributed by atoms with Gasteiger partial charge in [0, 0.05) is 50.5 Å². The molecule has 0 N–H and O–H groups in total. The number of piperazine rings is 1. The normalized spacial score (nSPS) is 16.7. The Balaban J connectivity index is 1.28. The molecule has 156 valence electrons. The average molecular weight is 407 g/mol. The Labute approximate surface area is 175 Å². The predicted molar refractivity (Wildman–Crippen MR) is 114 cm³/mol. The number of esters is 1. The van der Waals surface area contributed by atoms with E-state index in [1.54, 1.807) is 34.1 Å². The smallest absolute Gasteiger partial charge is 0.338 e. The highest BCUT2D eigenvalue weighted by atomic mass is 16.5. The Bertz CT molecular complexity index is 923. The molecule has 0 aliphatic carbocycles. The highest BCUT2D eigenvalue weighted by molar-refractivity contribution is 5.97. The third-order valence-corrected chi connectivity index (χ3v) is 5.55. The van der Waals surface area contributed by atoms with Crippen molar-refractivity contribution in [3.05, 3.63) is 60.2 Å². The maximum absolute atomic E-state index is 12.5. The summed E-state index contributed by atoms with van der Waals surface area (Å²) >= 11 is 0. The fraction of sp³-hybridized carbons (Fsp3) is 0.348. The summed E-state index contributed by atoms with van der Waals surface area (Å²) in [4.78, 5) is 42.4. The first kappa shape index (κ1) is 19.9. The molecule has 0 unspecified atom stereocenters. The van der Waals surface area contributed by atoms with Crippen molar-refractivity contribution >= 4 is 29.2 Å². The molecule has 0 radical (unpaired) electrons. The van der Waals surface area contributed by atoms with Crippen molar-refractivity contribution in [1.82, 2.24) is 4.90 Å². The van der Waals surface area contributed by atoms with Crippen molar-refractivity contribution < 1.29 is 19.1 Å². The minimum absolute atomic E-state index is 0.0605. The number of anilines is 2. The van der Waals surface area contributed by atoms with Crippen LogP contribution in [0, 0.1) is 0 Å². The molecule has 2 fully saturated rings. The number of amides is 2. The van der Waals surface area contributed by atoms with E-state index in [2.05, 4.69) is 17.0 Å². The van der Waals surface area contributed by atoms with Crippen LogP contribution in [0.15, 0.2) is 54.6 Å². The largest absolute Gasteiger partial charge is 0.452 e. The summed E-state index contributed by atoms with van der Waals surface area (Å²) in [5.74, 6) is -0.688. The maximum atomic E-state index is 12.5. The summed E-state index contributed by atoms with van der Waals surface area (Å²) in [7, 11) is 0. The van der Waals surface area contributed by atoms with Crippen LogP contribution in [0.25, 0.3) is 0 Å². The van der Waals surface area contributed by atoms with Crippen LogP contribution in [0.5, 0.6) is 0 Å². The second kappa shape index (κ2) is 8.98. The van der Waals surface area contributed by atoms with Gasteiger partial charge >= 0.3 is 5.97 Å². The fourth-order valence-electron chi connectivity index (χ4n) is 3.88. The number of hydrogen-bond donors (Lipinski definition) is 0. The number of hydrogen-bond acceptors (Lipinski definition) is 5. The molecule has 0 saturated carbocycles. The quantitative estimate of drug-likeness (QED) is 0.712. The van der Waals surface area contributed by atoms with Crippen molar-refractivity contribution in [2.24, 2.45) is 0 Å². The molecule has 2 aliphatic heterocycles. The van der Waals surface area contributed by atoms with Gasteiger partial charge in [-0.05, 0) is 36.8 Å². The molecule has 7 heteroatoms. The molecule has 2 amide bonds. The van der Waals surface area contributed by atoms with Gasteiger partial charge in [-0.3, -0.25) is 9.59 Å². The zero-order valence-corrected chi connectivity index (χ0v) is 16.8. The van der Waals surface area contributed by atoms with Gasteiger partial charge in [0.1, 0.15) is 0 Å². The van der Waals surface area contributed by atoms with Gasteiger partial charge in [0.2, 0.25) is 5.91 Å². The van der Waals surface area contributed by atoms with Crippen molar-refractivity contribution in [1.29, 1.82) is 0 Å². The van der Waals surface area contributed by atoms with E-state index in [0.29, 0.717) is 37.3 Å². The fourth-order valence-corrected chi connectivity index (χ4v) is 3.88. The van der Waals surface area contributed by atoms with Crippen molar-refractivity contribution in [3.8, 4) is 0 Å². The summed E-state index contributed by atoms with van der Waals surface area (Å²) in [5, 5.41) is 0. The van der Waals surface area contributed by atoms with Gasteiger partial charge < -0.3 is 19.4 Å². The average Bonchev–Trinajstić information content (AvgIpc) is 3.24. The summed E-state index contributed by atoms with van der Waals surface area (Å²) in [6, 6.07) is 16.9. The molecular formula is C23H25N3O4. The Kier molecular flexibility index (Phi) is 5.97. The lowest BCUT2D eigenvalue weighted by atomic mass is 10.2. The molecular weight excluding hydrogens is 382 g/mol. The standard InChI is InChI=1S/C23H25N3O4/c27-21-10-5-11-26(21)20-9-4-6-18(16-20)23(29)30-17-22(28)25-14-12-24(13-15-25)19-7-2-1-3-8-19/h1-4,6-9,16H,5,10-15,17H2. The van der Waals surface area contributed by atoms with Crippen LogP contribution in [0.2, 0.25) is 0 Å². The van der Waals surface area contributed by atoms with Gasteiger partial charge in [-0.25, -0.2) is 4.79 Å². The van der Waals surface area contributed by atoms with Crippen LogP contribution in [0.1, 0.15) is 23.2 Å². The summed E-state index contributed by atoms with van der Waals surface area (Å²) in [5.41, 5.74) is 2.18. The third-order valence-electron chi connectivity index (χ3n) is 5.55. The molecule has 2 aliphatic rings. The van der Waals surface area contributed by atoms with Crippen LogP contribution in [0.3, 0.4) is 0 Å². The Hall–Kier alpha value is -3.35. The topological polar surface area (TPSA) is 70.2 Å². The van der Waals surface area contributed by atoms with Gasteiger partial charge in [-0.1, -0.05) is 24.3 Å². The first-order valence-electron chi connectivity index (χ1n) is 10.3. The van der Waals surface area contributed by atoms with Gasteiger partial charge in [0.25, 0.3) is 5.91 Å². The van der Waals surface area contributed by atoms with Gasteiger partial charge in [-0.2, -0.15) is 0 Å². The SMILES string of the molecule is O=C(OCC(=O)N1CCN(c2ccccc2)CC1)c1cccc(N2CCCC2=O)c1. The van der Waals surface area contributed by atoms with Gasteiger partial charge in [0.15, 0.2) is 6.61 Å². The predicted octanol–water partition coefficient (Wildman–Crippen LogP) is 2.32. The number of carbonyl (C=O) groups is 3. The minimum atomic E-state index is -0.556. The second-order valence-corrected chi connectivity index (χ2v) is 7.48. The lowest BCUT2D eigenvalue weighted by Crippen LogP contribution is -2.49. The van der Waals surface area contributed by atoms with Crippen LogP contribution < -0.4 is 9.80 Å². The molecule has 2 saturated heterocycles. The van der Waals surface area contributed by atoms with Crippen molar-refractivity contribution in [2.75, 3.05) is 49.1 Å². The lowest BCUT2D eigenvalue weighted by Gasteiger charge is -2.36. The zero-order valence-electron chi connectivity index (χ0n) is 16.8. The number of ether oxygens (including phenoxy) is 1. The maximum Gasteiger partial charge on any atom is 0.338 e. The molecule has 0 bridgehead atoms. The van der Waals surface area contributed by atoms with E-state index in [1.165, 1.54) is 0 Å². The first-order chi connectivity index (χ1) is 14.6. The van der Waals surface area contributed by atoms with Gasteiger partial charge in [0.05, 0.1) is 5.56 Å². The molecule has 0 aromatic heterocycles. The molecule has 0 spiro atoms. The number of rotatable bonds is 5. The van der Waals surface area contributed by atoms with E-state index >= 15 is 0 Å². The molecule has 2 aromatic carbocycles. The van der Waals surface area contributed by atoms with Crippen LogP contribution in [0.4, 0.5) is 11.4 Å². The minimum Gasteiger partial charge on any atom is -0.452 e. The Morgan fingerprint density at radius 3 is 2.30 bits per heavy atom. The first-order valence-corrected chi connectivity index (χ1v) is 10.3. The molecule has 4 rings (SSSR count). The van der Waals surface area contributed by atoms with Crippen molar-refractivity contribution in [2.45, 2.75) is 12.8 Å².